The maximum atomic E-state index is 12.7. The van der Waals surface area contributed by atoms with Gasteiger partial charge in [-0.1, -0.05) is 6.07 Å². The maximum absolute atomic E-state index is 12.7. The standard InChI is InChI=1S/C22H25N5O2.C2HF3O2/c1-15-3-4-19(11-16(15)2)27-21(28)12-20(25-27)22(29)24-18-7-10-26(14-18)13-17-5-8-23-9-6-17;3-2(4,5)1(6)7/h3-6,8-9,11-12,18,25H,7,10,13-14H2,1-2H3,(H,24,29);(H,6,7)/t18-;/m0./s1. The number of likely N-dealkylation sites (tertiary alicyclic amines) is 1. The van der Waals surface area contributed by atoms with Crippen LogP contribution in [0.25, 0.3) is 5.69 Å². The van der Waals surface area contributed by atoms with Gasteiger partial charge >= 0.3 is 12.1 Å². The van der Waals surface area contributed by atoms with E-state index in [0.29, 0.717) is 0 Å². The Morgan fingerprint density at radius 1 is 1.14 bits per heavy atom. The molecule has 3 N–H and O–H groups in total. The van der Waals surface area contributed by atoms with Crippen molar-refractivity contribution in [3.63, 3.8) is 0 Å². The molecule has 0 unspecified atom stereocenters. The summed E-state index contributed by atoms with van der Waals surface area (Å²) in [5.74, 6) is -3.01. The monoisotopic (exact) mass is 505 g/mol. The van der Waals surface area contributed by atoms with Crippen molar-refractivity contribution in [2.45, 2.75) is 39.0 Å². The number of hydrogen-bond donors (Lipinski definition) is 3. The molecule has 0 spiro atoms. The van der Waals surface area contributed by atoms with E-state index in [1.807, 2.05) is 44.2 Å². The number of alkyl halides is 3. The molecule has 0 bridgehead atoms. The van der Waals surface area contributed by atoms with Crippen LogP contribution in [0, 0.1) is 13.8 Å². The molecule has 9 nitrogen and oxygen atoms in total. The van der Waals surface area contributed by atoms with Crippen LogP contribution in [-0.4, -0.2) is 62.0 Å². The lowest BCUT2D eigenvalue weighted by Gasteiger charge is -2.16. The van der Waals surface area contributed by atoms with E-state index in [2.05, 4.69) is 20.3 Å². The van der Waals surface area contributed by atoms with Crippen LogP contribution in [0.15, 0.2) is 53.6 Å². The molecule has 1 aliphatic heterocycles. The van der Waals surface area contributed by atoms with Crippen LogP contribution in [-0.2, 0) is 11.3 Å². The molecule has 1 aromatic carbocycles. The van der Waals surface area contributed by atoms with Crippen molar-refractivity contribution in [3.05, 3.63) is 81.5 Å². The molecule has 192 valence electrons. The van der Waals surface area contributed by atoms with Crippen molar-refractivity contribution in [2.24, 2.45) is 0 Å². The van der Waals surface area contributed by atoms with Crippen molar-refractivity contribution in [3.8, 4) is 5.69 Å². The van der Waals surface area contributed by atoms with E-state index in [0.717, 1.165) is 42.9 Å². The van der Waals surface area contributed by atoms with E-state index in [9.17, 15) is 22.8 Å². The quantitative estimate of drug-likeness (QED) is 0.491. The smallest absolute Gasteiger partial charge is 0.475 e. The van der Waals surface area contributed by atoms with Crippen LogP contribution in [0.3, 0.4) is 0 Å². The molecule has 1 fully saturated rings. The summed E-state index contributed by atoms with van der Waals surface area (Å²) in [4.78, 5) is 40.3. The van der Waals surface area contributed by atoms with Gasteiger partial charge < -0.3 is 10.4 Å². The fraction of sp³-hybridized carbons (Fsp3) is 0.333. The number of rotatable bonds is 5. The van der Waals surface area contributed by atoms with E-state index in [1.54, 1.807) is 12.4 Å². The SMILES string of the molecule is Cc1ccc(-n2[nH]c(C(=O)N[C@H]3CCN(Cc4ccncc4)C3)cc2=O)cc1C.O=C(O)C(F)(F)F. The Kier molecular flexibility index (Phi) is 8.30. The van der Waals surface area contributed by atoms with Gasteiger partial charge in [-0.15, -0.1) is 0 Å². The highest BCUT2D eigenvalue weighted by atomic mass is 19.4. The zero-order valence-corrected chi connectivity index (χ0v) is 19.7. The van der Waals surface area contributed by atoms with Crippen molar-refractivity contribution in [1.29, 1.82) is 0 Å². The molecule has 1 saturated heterocycles. The number of pyridine rings is 1. The molecule has 3 heterocycles. The van der Waals surface area contributed by atoms with E-state index in [1.165, 1.54) is 16.3 Å². The molecule has 3 aromatic rings. The number of carbonyl (C=O) groups is 2. The van der Waals surface area contributed by atoms with Crippen LogP contribution in [0.4, 0.5) is 13.2 Å². The normalized spacial score (nSPS) is 15.8. The lowest BCUT2D eigenvalue weighted by molar-refractivity contribution is -0.192. The summed E-state index contributed by atoms with van der Waals surface area (Å²) in [5, 5.41) is 13.1. The third kappa shape index (κ3) is 7.04. The van der Waals surface area contributed by atoms with Gasteiger partial charge in [-0.2, -0.15) is 13.2 Å². The number of hydrogen-bond acceptors (Lipinski definition) is 5. The highest BCUT2D eigenvalue weighted by Gasteiger charge is 2.38. The molecule has 1 aliphatic rings. The second kappa shape index (κ2) is 11.2. The molecule has 1 amide bonds. The van der Waals surface area contributed by atoms with Gasteiger partial charge in [0.2, 0.25) is 0 Å². The summed E-state index contributed by atoms with van der Waals surface area (Å²) in [7, 11) is 0. The number of nitrogens with zero attached hydrogens (tertiary/aromatic N) is 3. The van der Waals surface area contributed by atoms with Crippen LogP contribution >= 0.6 is 0 Å². The molecule has 1 atom stereocenters. The molecule has 0 radical (unpaired) electrons. The number of H-pyrrole nitrogens is 1. The first-order valence-corrected chi connectivity index (χ1v) is 11.1. The number of carbonyl (C=O) groups excluding carboxylic acids is 1. The number of carboxylic acids is 1. The predicted molar refractivity (Wildman–Crippen MR) is 125 cm³/mol. The summed E-state index contributed by atoms with van der Waals surface area (Å²) in [6.07, 6.45) is -0.610. The highest BCUT2D eigenvalue weighted by molar-refractivity contribution is 5.92. The number of halogens is 3. The number of aromatic nitrogens is 3. The third-order valence-electron chi connectivity index (χ3n) is 5.72. The van der Waals surface area contributed by atoms with E-state index >= 15 is 0 Å². The lowest BCUT2D eigenvalue weighted by Crippen LogP contribution is -2.37. The number of benzene rings is 1. The fourth-order valence-corrected chi connectivity index (χ4v) is 3.67. The van der Waals surface area contributed by atoms with Gasteiger partial charge in [-0.25, -0.2) is 9.48 Å². The number of aliphatic carboxylic acids is 1. The first kappa shape index (κ1) is 26.7. The first-order chi connectivity index (χ1) is 16.9. The third-order valence-corrected chi connectivity index (χ3v) is 5.72. The average Bonchev–Trinajstić information content (AvgIpc) is 3.42. The molecular weight excluding hydrogens is 479 g/mol. The van der Waals surface area contributed by atoms with Crippen LogP contribution in [0.5, 0.6) is 0 Å². The summed E-state index contributed by atoms with van der Waals surface area (Å²) in [5.41, 5.74) is 4.22. The Labute approximate surface area is 204 Å². The molecule has 0 saturated carbocycles. The molecule has 2 aromatic heterocycles. The minimum Gasteiger partial charge on any atom is -0.475 e. The largest absolute Gasteiger partial charge is 0.490 e. The van der Waals surface area contributed by atoms with Gasteiger partial charge in [0.15, 0.2) is 0 Å². The van der Waals surface area contributed by atoms with Crippen molar-refractivity contribution in [1.82, 2.24) is 25.0 Å². The average molecular weight is 505 g/mol. The maximum Gasteiger partial charge on any atom is 0.490 e. The summed E-state index contributed by atoms with van der Waals surface area (Å²) in [6.45, 7) is 6.58. The summed E-state index contributed by atoms with van der Waals surface area (Å²) >= 11 is 0. The zero-order valence-electron chi connectivity index (χ0n) is 19.7. The van der Waals surface area contributed by atoms with Gasteiger partial charge in [0.25, 0.3) is 11.5 Å². The minimum atomic E-state index is -5.08. The van der Waals surface area contributed by atoms with E-state index < -0.39 is 12.1 Å². The summed E-state index contributed by atoms with van der Waals surface area (Å²) < 4.78 is 33.1. The summed E-state index contributed by atoms with van der Waals surface area (Å²) in [6, 6.07) is 11.2. The second-order valence-electron chi connectivity index (χ2n) is 8.46. The Bertz CT molecular complexity index is 1270. The van der Waals surface area contributed by atoms with Crippen molar-refractivity contribution >= 4 is 11.9 Å². The van der Waals surface area contributed by atoms with E-state index in [-0.39, 0.29) is 23.2 Å². The van der Waals surface area contributed by atoms with Crippen molar-refractivity contribution < 1.29 is 27.9 Å². The van der Waals surface area contributed by atoms with Gasteiger partial charge in [0.1, 0.15) is 5.69 Å². The predicted octanol–water partition coefficient (Wildman–Crippen LogP) is 2.82. The number of nitrogens with one attached hydrogen (secondary N) is 2. The molecule has 36 heavy (non-hydrogen) atoms. The minimum absolute atomic E-state index is 0.0674. The fourth-order valence-electron chi connectivity index (χ4n) is 3.67. The van der Waals surface area contributed by atoms with Crippen molar-refractivity contribution in [2.75, 3.05) is 13.1 Å². The lowest BCUT2D eigenvalue weighted by atomic mass is 10.1. The van der Waals surface area contributed by atoms with Gasteiger partial charge in [-0.3, -0.25) is 24.6 Å². The Hall–Kier alpha value is -3.93. The Morgan fingerprint density at radius 3 is 2.42 bits per heavy atom. The first-order valence-electron chi connectivity index (χ1n) is 11.1. The number of aromatic amines is 1. The van der Waals surface area contributed by atoms with Crippen LogP contribution < -0.4 is 10.9 Å². The van der Waals surface area contributed by atoms with Crippen LogP contribution in [0.2, 0.25) is 0 Å². The second-order valence-corrected chi connectivity index (χ2v) is 8.46. The van der Waals surface area contributed by atoms with Gasteiger partial charge in [-0.05, 0) is 61.2 Å². The molecule has 12 heteroatoms. The highest BCUT2D eigenvalue weighted by Crippen LogP contribution is 2.15. The number of carboxylic acid groups (broad SMARTS) is 1. The number of aryl methyl sites for hydroxylation is 2. The van der Waals surface area contributed by atoms with Gasteiger partial charge in [0.05, 0.1) is 5.69 Å². The molecule has 4 rings (SSSR count). The zero-order chi connectivity index (χ0) is 26.5. The number of amides is 1. The van der Waals surface area contributed by atoms with E-state index in [4.69, 9.17) is 9.90 Å². The topological polar surface area (TPSA) is 120 Å². The molecule has 0 aliphatic carbocycles. The Balaban J connectivity index is 0.000000454. The van der Waals surface area contributed by atoms with Crippen LogP contribution in [0.1, 0.15) is 33.6 Å². The molecular formula is C24H26F3N5O4. The Morgan fingerprint density at radius 2 is 1.81 bits per heavy atom. The van der Waals surface area contributed by atoms with Gasteiger partial charge in [0, 0.05) is 44.1 Å².